The van der Waals surface area contributed by atoms with Crippen molar-refractivity contribution in [2.75, 3.05) is 7.11 Å². The predicted octanol–water partition coefficient (Wildman–Crippen LogP) is 3.51. The van der Waals surface area contributed by atoms with Gasteiger partial charge in [-0.3, -0.25) is 0 Å². The number of hydrogen-bond donors (Lipinski definition) is 2. The maximum absolute atomic E-state index is 12.6. The summed E-state index contributed by atoms with van der Waals surface area (Å²) in [5.74, 6) is -0.415. The van der Waals surface area contributed by atoms with Crippen LogP contribution in [0, 0.1) is 0 Å². The number of allylic oxidation sites excluding steroid dienone is 1. The van der Waals surface area contributed by atoms with Crippen LogP contribution in [0.2, 0.25) is 0 Å². The summed E-state index contributed by atoms with van der Waals surface area (Å²) >= 11 is 5.36. The highest BCUT2D eigenvalue weighted by Gasteiger charge is 2.33. The number of ether oxygens (including phenoxy) is 1. The van der Waals surface area contributed by atoms with Gasteiger partial charge in [-0.25, -0.2) is 9.48 Å². The van der Waals surface area contributed by atoms with E-state index in [4.69, 9.17) is 22.1 Å². The molecule has 3 aromatic rings. The van der Waals surface area contributed by atoms with Crippen molar-refractivity contribution in [1.82, 2.24) is 20.4 Å². The predicted molar refractivity (Wildman–Crippen MR) is 115 cm³/mol. The molecule has 4 rings (SSSR count). The summed E-state index contributed by atoms with van der Waals surface area (Å²) < 4.78 is 6.85. The van der Waals surface area contributed by atoms with E-state index in [9.17, 15) is 4.79 Å². The molecule has 1 aliphatic rings. The fourth-order valence-electron chi connectivity index (χ4n) is 3.44. The number of rotatable bonds is 4. The second kappa shape index (κ2) is 7.89. The molecule has 29 heavy (non-hydrogen) atoms. The number of carbonyl (C=O) groups excluding carboxylic acids is 1. The summed E-state index contributed by atoms with van der Waals surface area (Å²) in [7, 11) is 1.37. The normalized spacial score (nSPS) is 16.2. The fourth-order valence-corrected chi connectivity index (χ4v) is 3.71. The number of hydrogen-bond acceptors (Lipinski definition) is 4. The van der Waals surface area contributed by atoms with Gasteiger partial charge in [0.1, 0.15) is 0 Å². The Morgan fingerprint density at radius 1 is 1.10 bits per heavy atom. The van der Waals surface area contributed by atoms with Crippen molar-refractivity contribution in [1.29, 1.82) is 0 Å². The Morgan fingerprint density at radius 3 is 2.41 bits per heavy atom. The van der Waals surface area contributed by atoms with Gasteiger partial charge in [-0.05, 0) is 31.3 Å². The minimum absolute atomic E-state index is 0.415. The molecule has 146 valence electrons. The van der Waals surface area contributed by atoms with E-state index in [0.717, 1.165) is 22.5 Å². The molecule has 1 aromatic heterocycles. The van der Waals surface area contributed by atoms with Crippen molar-refractivity contribution in [2.45, 2.75) is 13.0 Å². The Bertz CT molecular complexity index is 1090. The monoisotopic (exact) mass is 404 g/mol. The Morgan fingerprint density at radius 2 is 1.76 bits per heavy atom. The van der Waals surface area contributed by atoms with Crippen LogP contribution in [0.4, 0.5) is 0 Å². The molecule has 0 fully saturated rings. The van der Waals surface area contributed by atoms with Crippen LogP contribution in [0.5, 0.6) is 0 Å². The van der Waals surface area contributed by atoms with Gasteiger partial charge in [0.15, 0.2) is 5.11 Å². The molecule has 0 aliphatic carbocycles. The zero-order chi connectivity index (χ0) is 20.4. The van der Waals surface area contributed by atoms with Gasteiger partial charge in [-0.2, -0.15) is 5.10 Å². The molecule has 7 heteroatoms. The van der Waals surface area contributed by atoms with E-state index < -0.39 is 12.0 Å². The van der Waals surface area contributed by atoms with E-state index in [1.165, 1.54) is 7.11 Å². The molecule has 0 saturated carbocycles. The molecular formula is C22H20N4O2S. The molecule has 0 saturated heterocycles. The van der Waals surface area contributed by atoms with Crippen LogP contribution >= 0.6 is 12.2 Å². The number of nitrogens with zero attached hydrogens (tertiary/aromatic N) is 2. The highest BCUT2D eigenvalue weighted by Crippen LogP contribution is 2.34. The number of para-hydroxylation sites is 1. The second-order valence-electron chi connectivity index (χ2n) is 6.64. The lowest BCUT2D eigenvalue weighted by molar-refractivity contribution is -0.136. The summed E-state index contributed by atoms with van der Waals surface area (Å²) in [6.45, 7) is 1.82. The van der Waals surface area contributed by atoms with Crippen molar-refractivity contribution >= 4 is 23.3 Å². The van der Waals surface area contributed by atoms with Gasteiger partial charge < -0.3 is 15.4 Å². The van der Waals surface area contributed by atoms with Crippen LogP contribution < -0.4 is 10.6 Å². The van der Waals surface area contributed by atoms with E-state index in [2.05, 4.69) is 10.6 Å². The molecule has 0 bridgehead atoms. The smallest absolute Gasteiger partial charge is 0.337 e. The largest absolute Gasteiger partial charge is 0.466 e. The Hall–Kier alpha value is -3.45. The molecule has 0 spiro atoms. The second-order valence-corrected chi connectivity index (χ2v) is 7.05. The summed E-state index contributed by atoms with van der Waals surface area (Å²) in [6.07, 6.45) is 1.93. The third kappa shape index (κ3) is 3.64. The van der Waals surface area contributed by atoms with E-state index in [0.29, 0.717) is 16.4 Å². The average Bonchev–Trinajstić information content (AvgIpc) is 3.19. The van der Waals surface area contributed by atoms with Crippen molar-refractivity contribution < 1.29 is 9.53 Å². The summed E-state index contributed by atoms with van der Waals surface area (Å²) in [4.78, 5) is 12.6. The van der Waals surface area contributed by atoms with E-state index in [1.807, 2.05) is 78.5 Å². The van der Waals surface area contributed by atoms with E-state index in [1.54, 1.807) is 0 Å². The molecular weight excluding hydrogens is 384 g/mol. The number of thiocarbonyl (C=S) groups is 1. The molecule has 1 atom stereocenters. The molecule has 2 N–H and O–H groups in total. The van der Waals surface area contributed by atoms with Gasteiger partial charge in [-0.15, -0.1) is 0 Å². The van der Waals surface area contributed by atoms with Gasteiger partial charge in [0.25, 0.3) is 0 Å². The molecule has 0 unspecified atom stereocenters. The van der Waals surface area contributed by atoms with Crippen LogP contribution in [-0.2, 0) is 9.53 Å². The van der Waals surface area contributed by atoms with Crippen molar-refractivity contribution in [3.8, 4) is 16.9 Å². The highest BCUT2D eigenvalue weighted by atomic mass is 32.1. The van der Waals surface area contributed by atoms with E-state index >= 15 is 0 Å². The van der Waals surface area contributed by atoms with Crippen molar-refractivity contribution in [3.63, 3.8) is 0 Å². The zero-order valence-electron chi connectivity index (χ0n) is 16.0. The van der Waals surface area contributed by atoms with Gasteiger partial charge in [0.05, 0.1) is 30.1 Å². The van der Waals surface area contributed by atoms with Gasteiger partial charge in [-0.1, -0.05) is 48.5 Å². The number of methoxy groups -OCH3 is 1. The first-order valence-corrected chi connectivity index (χ1v) is 9.56. The fraction of sp³-hybridized carbons (Fsp3) is 0.136. The number of carbonyl (C=O) groups is 1. The van der Waals surface area contributed by atoms with Gasteiger partial charge in [0.2, 0.25) is 0 Å². The molecule has 0 radical (unpaired) electrons. The Kier molecular flexibility index (Phi) is 5.14. The standard InChI is InChI=1S/C22H20N4O2S/c1-14-18(21(27)28-2)20(24-22(29)23-14)17-13-26(16-11-7-4-8-12-16)25-19(17)15-9-5-3-6-10-15/h3-13,20H,1-2H3,(H2,23,24,29)/t20-/m1/s1. The Labute approximate surface area is 174 Å². The number of benzene rings is 2. The molecule has 2 heterocycles. The molecule has 2 aromatic carbocycles. The number of esters is 1. The lowest BCUT2D eigenvalue weighted by Gasteiger charge is -2.29. The Balaban J connectivity index is 1.92. The molecule has 6 nitrogen and oxygen atoms in total. The number of aromatic nitrogens is 2. The van der Waals surface area contributed by atoms with Crippen LogP contribution in [0.3, 0.4) is 0 Å². The maximum atomic E-state index is 12.6. The minimum atomic E-state index is -0.483. The maximum Gasteiger partial charge on any atom is 0.337 e. The highest BCUT2D eigenvalue weighted by molar-refractivity contribution is 7.80. The molecule has 1 aliphatic heterocycles. The summed E-state index contributed by atoms with van der Waals surface area (Å²) in [6, 6.07) is 19.2. The number of nitrogens with one attached hydrogen (secondary N) is 2. The topological polar surface area (TPSA) is 68.2 Å². The van der Waals surface area contributed by atoms with Crippen molar-refractivity contribution in [3.05, 3.63) is 83.7 Å². The van der Waals surface area contributed by atoms with Crippen LogP contribution in [0.15, 0.2) is 78.1 Å². The quantitative estimate of drug-likeness (QED) is 0.512. The van der Waals surface area contributed by atoms with Gasteiger partial charge >= 0.3 is 5.97 Å². The molecule has 0 amide bonds. The van der Waals surface area contributed by atoms with Crippen molar-refractivity contribution in [2.24, 2.45) is 0 Å². The minimum Gasteiger partial charge on any atom is -0.466 e. The van der Waals surface area contributed by atoms with Crippen LogP contribution in [0.25, 0.3) is 16.9 Å². The third-order valence-electron chi connectivity index (χ3n) is 4.80. The third-order valence-corrected chi connectivity index (χ3v) is 5.02. The first-order chi connectivity index (χ1) is 14.1. The summed E-state index contributed by atoms with van der Waals surface area (Å²) in [5.41, 5.74) is 4.62. The first-order valence-electron chi connectivity index (χ1n) is 9.15. The van der Waals surface area contributed by atoms with E-state index in [-0.39, 0.29) is 0 Å². The summed E-state index contributed by atoms with van der Waals surface area (Å²) in [5, 5.41) is 11.5. The zero-order valence-corrected chi connectivity index (χ0v) is 16.9. The first kappa shape index (κ1) is 18.9. The van der Waals surface area contributed by atoms with Crippen LogP contribution in [0.1, 0.15) is 18.5 Å². The average molecular weight is 404 g/mol. The van der Waals surface area contributed by atoms with Gasteiger partial charge in [0, 0.05) is 23.0 Å². The van der Waals surface area contributed by atoms with Crippen LogP contribution in [-0.4, -0.2) is 28.0 Å². The SMILES string of the molecule is COC(=O)C1=C(C)NC(=S)N[C@@H]1c1cn(-c2ccccc2)nc1-c1ccccc1. The lowest BCUT2D eigenvalue weighted by atomic mass is 9.94. The lowest BCUT2D eigenvalue weighted by Crippen LogP contribution is -2.45.